The first kappa shape index (κ1) is 22.3. The van der Waals surface area contributed by atoms with Crippen molar-refractivity contribution in [3.05, 3.63) is 95.6 Å². The van der Waals surface area contributed by atoms with E-state index in [0.29, 0.717) is 23.2 Å². The Morgan fingerprint density at radius 3 is 2.30 bits per heavy atom. The van der Waals surface area contributed by atoms with Gasteiger partial charge in [-0.15, -0.1) is 0 Å². The van der Waals surface area contributed by atoms with Crippen molar-refractivity contribution in [3.63, 3.8) is 0 Å². The molecule has 1 saturated heterocycles. The van der Waals surface area contributed by atoms with Gasteiger partial charge in [-0.25, -0.2) is 0 Å². The second-order valence-corrected chi connectivity index (χ2v) is 8.19. The molecule has 3 amide bonds. The van der Waals surface area contributed by atoms with E-state index in [0.717, 1.165) is 30.6 Å². The van der Waals surface area contributed by atoms with Crippen LogP contribution in [0.25, 0.3) is 0 Å². The van der Waals surface area contributed by atoms with E-state index in [1.54, 1.807) is 29.2 Å². The Labute approximate surface area is 193 Å². The maximum absolute atomic E-state index is 12.8. The molecule has 0 bridgehead atoms. The van der Waals surface area contributed by atoms with Crippen LogP contribution in [0.4, 0.5) is 11.4 Å². The van der Waals surface area contributed by atoms with Crippen molar-refractivity contribution < 1.29 is 14.4 Å². The van der Waals surface area contributed by atoms with Crippen molar-refractivity contribution in [2.75, 3.05) is 16.8 Å². The number of hydrogen-bond donors (Lipinski definition) is 2. The van der Waals surface area contributed by atoms with Gasteiger partial charge in [-0.2, -0.15) is 0 Å². The molecule has 1 aliphatic rings. The fourth-order valence-corrected chi connectivity index (χ4v) is 3.91. The van der Waals surface area contributed by atoms with Gasteiger partial charge in [0.1, 0.15) is 0 Å². The average Bonchev–Trinajstić information content (AvgIpc) is 2.85. The number of benzene rings is 3. The van der Waals surface area contributed by atoms with Crippen LogP contribution in [0.1, 0.15) is 58.5 Å². The van der Waals surface area contributed by atoms with Gasteiger partial charge < -0.3 is 15.5 Å². The first-order valence-corrected chi connectivity index (χ1v) is 11.2. The van der Waals surface area contributed by atoms with Crippen LogP contribution in [0.3, 0.4) is 0 Å². The maximum atomic E-state index is 12.8. The van der Waals surface area contributed by atoms with Gasteiger partial charge >= 0.3 is 0 Å². The normalized spacial score (nSPS) is 14.5. The van der Waals surface area contributed by atoms with Gasteiger partial charge in [0, 0.05) is 35.5 Å². The van der Waals surface area contributed by atoms with Crippen LogP contribution >= 0.6 is 0 Å². The lowest BCUT2D eigenvalue weighted by Crippen LogP contribution is -2.35. The average molecular weight is 442 g/mol. The second kappa shape index (κ2) is 10.1. The predicted octanol–water partition coefficient (Wildman–Crippen LogP) is 4.95. The Bertz CT molecular complexity index is 1140. The second-order valence-electron chi connectivity index (χ2n) is 8.19. The highest BCUT2D eigenvalue weighted by molar-refractivity contribution is 6.04. The number of carbonyl (C=O) groups is 3. The SMILES string of the molecule is CC(NC(=O)c1ccc(N2CCCCC2=O)cc1)c1cccc(NC(=O)c2ccccc2)c1. The summed E-state index contributed by atoms with van der Waals surface area (Å²) in [4.78, 5) is 39.1. The van der Waals surface area contributed by atoms with Gasteiger partial charge in [-0.1, -0.05) is 30.3 Å². The topological polar surface area (TPSA) is 78.5 Å². The van der Waals surface area contributed by atoms with Crippen LogP contribution in [-0.4, -0.2) is 24.3 Å². The van der Waals surface area contributed by atoms with Crippen molar-refractivity contribution in [3.8, 4) is 0 Å². The number of piperidine rings is 1. The number of nitrogens with zero attached hydrogens (tertiary/aromatic N) is 1. The molecule has 0 aromatic heterocycles. The quantitative estimate of drug-likeness (QED) is 0.568. The third-order valence-corrected chi connectivity index (χ3v) is 5.79. The minimum Gasteiger partial charge on any atom is -0.346 e. The molecule has 1 unspecified atom stereocenters. The fourth-order valence-electron chi connectivity index (χ4n) is 3.91. The molecule has 1 aliphatic heterocycles. The first-order valence-electron chi connectivity index (χ1n) is 11.2. The molecule has 4 rings (SSSR count). The van der Waals surface area contributed by atoms with E-state index >= 15 is 0 Å². The zero-order chi connectivity index (χ0) is 23.2. The molecule has 1 atom stereocenters. The van der Waals surface area contributed by atoms with E-state index < -0.39 is 0 Å². The summed E-state index contributed by atoms with van der Waals surface area (Å²) in [6, 6.07) is 23.3. The van der Waals surface area contributed by atoms with Crippen molar-refractivity contribution in [2.24, 2.45) is 0 Å². The Hall–Kier alpha value is -3.93. The molecule has 6 heteroatoms. The number of nitrogens with one attached hydrogen (secondary N) is 2. The van der Waals surface area contributed by atoms with Gasteiger partial charge in [0.25, 0.3) is 11.8 Å². The highest BCUT2D eigenvalue weighted by Crippen LogP contribution is 2.22. The highest BCUT2D eigenvalue weighted by atomic mass is 16.2. The minimum atomic E-state index is -0.255. The molecule has 0 spiro atoms. The van der Waals surface area contributed by atoms with Crippen LogP contribution in [0.5, 0.6) is 0 Å². The van der Waals surface area contributed by atoms with Gasteiger partial charge in [-0.05, 0) is 73.9 Å². The Kier molecular flexibility index (Phi) is 6.83. The first-order chi connectivity index (χ1) is 16.0. The molecule has 1 fully saturated rings. The summed E-state index contributed by atoms with van der Waals surface area (Å²) >= 11 is 0. The van der Waals surface area contributed by atoms with Gasteiger partial charge in [-0.3, -0.25) is 14.4 Å². The van der Waals surface area contributed by atoms with E-state index in [-0.39, 0.29) is 23.8 Å². The lowest BCUT2D eigenvalue weighted by molar-refractivity contribution is -0.119. The molecule has 3 aromatic rings. The summed E-state index contributed by atoms with van der Waals surface area (Å²) < 4.78 is 0. The van der Waals surface area contributed by atoms with Gasteiger partial charge in [0.05, 0.1) is 6.04 Å². The molecule has 2 N–H and O–H groups in total. The van der Waals surface area contributed by atoms with Crippen molar-refractivity contribution in [1.29, 1.82) is 0 Å². The van der Waals surface area contributed by atoms with E-state index in [2.05, 4.69) is 10.6 Å². The summed E-state index contributed by atoms with van der Waals surface area (Å²) in [5, 5.41) is 5.90. The molecular formula is C27H27N3O3. The molecule has 0 aliphatic carbocycles. The number of carbonyl (C=O) groups excluding carboxylic acids is 3. The molecule has 33 heavy (non-hydrogen) atoms. The van der Waals surface area contributed by atoms with Crippen LogP contribution in [-0.2, 0) is 4.79 Å². The summed E-state index contributed by atoms with van der Waals surface area (Å²) in [6.07, 6.45) is 2.51. The molecular weight excluding hydrogens is 414 g/mol. The van der Waals surface area contributed by atoms with Crippen LogP contribution in [0.2, 0.25) is 0 Å². The fraction of sp³-hybridized carbons (Fsp3) is 0.222. The Balaban J connectivity index is 1.39. The summed E-state index contributed by atoms with van der Waals surface area (Å²) in [6.45, 7) is 2.62. The number of amides is 3. The van der Waals surface area contributed by atoms with E-state index in [1.807, 2.05) is 61.5 Å². The van der Waals surface area contributed by atoms with E-state index in [9.17, 15) is 14.4 Å². The van der Waals surface area contributed by atoms with Gasteiger partial charge in [0.2, 0.25) is 5.91 Å². The standard InChI is InChI=1S/C27H27N3O3/c1-19(22-10-7-11-23(18-22)29-27(33)20-8-3-2-4-9-20)28-26(32)21-13-15-24(16-14-21)30-17-6-5-12-25(30)31/h2-4,7-11,13-16,18-19H,5-6,12,17H2,1H3,(H,28,32)(H,29,33). The lowest BCUT2D eigenvalue weighted by Gasteiger charge is -2.26. The van der Waals surface area contributed by atoms with Gasteiger partial charge in [0.15, 0.2) is 0 Å². The van der Waals surface area contributed by atoms with Crippen LogP contribution in [0, 0.1) is 0 Å². The number of rotatable bonds is 6. The number of anilines is 2. The number of hydrogen-bond acceptors (Lipinski definition) is 3. The summed E-state index contributed by atoms with van der Waals surface area (Å²) in [7, 11) is 0. The Morgan fingerprint density at radius 2 is 1.58 bits per heavy atom. The maximum Gasteiger partial charge on any atom is 0.255 e. The van der Waals surface area contributed by atoms with Crippen LogP contribution < -0.4 is 15.5 Å². The third kappa shape index (κ3) is 5.47. The molecule has 6 nitrogen and oxygen atoms in total. The monoisotopic (exact) mass is 441 g/mol. The summed E-state index contributed by atoms with van der Waals surface area (Å²) in [5.74, 6) is -0.249. The van der Waals surface area contributed by atoms with Crippen molar-refractivity contribution >= 4 is 29.1 Å². The molecule has 0 saturated carbocycles. The zero-order valence-corrected chi connectivity index (χ0v) is 18.6. The lowest BCUT2D eigenvalue weighted by atomic mass is 10.1. The zero-order valence-electron chi connectivity index (χ0n) is 18.6. The minimum absolute atomic E-state index is 0.131. The third-order valence-electron chi connectivity index (χ3n) is 5.79. The molecule has 168 valence electrons. The molecule has 3 aromatic carbocycles. The molecule has 1 heterocycles. The van der Waals surface area contributed by atoms with E-state index in [4.69, 9.17) is 0 Å². The smallest absolute Gasteiger partial charge is 0.255 e. The summed E-state index contributed by atoms with van der Waals surface area (Å²) in [5.41, 5.74) is 3.48. The van der Waals surface area contributed by atoms with Crippen molar-refractivity contribution in [1.82, 2.24) is 5.32 Å². The van der Waals surface area contributed by atoms with Crippen LogP contribution in [0.15, 0.2) is 78.9 Å². The highest BCUT2D eigenvalue weighted by Gasteiger charge is 2.20. The molecule has 0 radical (unpaired) electrons. The predicted molar refractivity (Wildman–Crippen MR) is 129 cm³/mol. The van der Waals surface area contributed by atoms with Crippen molar-refractivity contribution in [2.45, 2.75) is 32.2 Å². The Morgan fingerprint density at radius 1 is 0.848 bits per heavy atom. The van der Waals surface area contributed by atoms with E-state index in [1.165, 1.54) is 0 Å². The largest absolute Gasteiger partial charge is 0.346 e.